The molecule has 0 bridgehead atoms. The van der Waals surface area contributed by atoms with E-state index in [1.807, 2.05) is 12.3 Å². The molecule has 1 saturated carbocycles. The molecule has 0 amide bonds. The molecule has 1 aliphatic heterocycles. The Labute approximate surface area is 147 Å². The molecule has 2 aliphatic rings. The van der Waals surface area contributed by atoms with Crippen LogP contribution in [0, 0.1) is 5.92 Å². The topological polar surface area (TPSA) is 34.6 Å². The van der Waals surface area contributed by atoms with E-state index in [-0.39, 0.29) is 0 Å². The molecule has 5 heteroatoms. The average molecular weight is 344 g/mol. The van der Waals surface area contributed by atoms with Crippen LogP contribution in [0.5, 0.6) is 0 Å². The van der Waals surface area contributed by atoms with Crippen LogP contribution in [0.1, 0.15) is 24.0 Å². The van der Waals surface area contributed by atoms with Crippen molar-refractivity contribution >= 4 is 11.3 Å². The summed E-state index contributed by atoms with van der Waals surface area (Å²) >= 11 is 1.78. The second kappa shape index (κ2) is 7.74. The zero-order valence-electron chi connectivity index (χ0n) is 13.8. The number of ether oxygens (including phenoxy) is 2. The SMILES string of the molecule is c1cncc(COCC2C[C@@H]3OCCN(Cc4ccsc4)[C@H]3C2)c1. The highest BCUT2D eigenvalue weighted by Gasteiger charge is 2.40. The largest absolute Gasteiger partial charge is 0.376 e. The van der Waals surface area contributed by atoms with Crippen LogP contribution in [-0.2, 0) is 22.6 Å². The van der Waals surface area contributed by atoms with Crippen molar-refractivity contribution in [2.24, 2.45) is 5.92 Å². The molecule has 3 heterocycles. The molecule has 0 spiro atoms. The Morgan fingerprint density at radius 2 is 2.29 bits per heavy atom. The molecule has 4 nitrogen and oxygen atoms in total. The van der Waals surface area contributed by atoms with E-state index in [2.05, 4.69) is 32.8 Å². The van der Waals surface area contributed by atoms with Crippen molar-refractivity contribution in [1.29, 1.82) is 0 Å². The predicted octanol–water partition coefficient (Wildman–Crippen LogP) is 3.34. The Hall–Kier alpha value is -1.27. The number of pyridine rings is 1. The van der Waals surface area contributed by atoms with E-state index in [0.29, 0.717) is 24.7 Å². The molecule has 2 fully saturated rings. The molecule has 2 aromatic heterocycles. The van der Waals surface area contributed by atoms with Crippen LogP contribution in [0.3, 0.4) is 0 Å². The number of thiophene rings is 1. The maximum absolute atomic E-state index is 6.04. The lowest BCUT2D eigenvalue weighted by atomic mass is 10.1. The third-order valence-electron chi connectivity index (χ3n) is 5.06. The van der Waals surface area contributed by atoms with E-state index in [0.717, 1.165) is 38.3 Å². The summed E-state index contributed by atoms with van der Waals surface area (Å²) in [6.07, 6.45) is 6.36. The van der Waals surface area contributed by atoms with Gasteiger partial charge in [-0.2, -0.15) is 11.3 Å². The molecule has 1 saturated heterocycles. The summed E-state index contributed by atoms with van der Waals surface area (Å²) in [5.74, 6) is 0.597. The summed E-state index contributed by atoms with van der Waals surface area (Å²) < 4.78 is 12.0. The number of fused-ring (bicyclic) bond motifs is 1. The van der Waals surface area contributed by atoms with Gasteiger partial charge in [0.25, 0.3) is 0 Å². The fraction of sp³-hybridized carbons (Fsp3) is 0.526. The van der Waals surface area contributed by atoms with Crippen molar-refractivity contribution in [3.63, 3.8) is 0 Å². The van der Waals surface area contributed by atoms with Gasteiger partial charge in [-0.1, -0.05) is 6.07 Å². The Morgan fingerprint density at radius 3 is 3.12 bits per heavy atom. The van der Waals surface area contributed by atoms with Crippen LogP contribution >= 0.6 is 11.3 Å². The van der Waals surface area contributed by atoms with E-state index in [9.17, 15) is 0 Å². The smallest absolute Gasteiger partial charge is 0.0734 e. The molecule has 1 aliphatic carbocycles. The van der Waals surface area contributed by atoms with Gasteiger partial charge in [0, 0.05) is 38.1 Å². The highest BCUT2D eigenvalue weighted by molar-refractivity contribution is 7.07. The molecule has 4 rings (SSSR count). The third-order valence-corrected chi connectivity index (χ3v) is 5.79. The van der Waals surface area contributed by atoms with Crippen LogP contribution in [0.4, 0.5) is 0 Å². The molecule has 2 aromatic rings. The van der Waals surface area contributed by atoms with Gasteiger partial charge in [0.1, 0.15) is 0 Å². The fourth-order valence-electron chi connectivity index (χ4n) is 3.90. The Morgan fingerprint density at radius 1 is 1.29 bits per heavy atom. The van der Waals surface area contributed by atoms with Crippen LogP contribution < -0.4 is 0 Å². The van der Waals surface area contributed by atoms with Crippen LogP contribution in [-0.4, -0.2) is 41.8 Å². The van der Waals surface area contributed by atoms with E-state index in [1.165, 1.54) is 12.0 Å². The maximum Gasteiger partial charge on any atom is 0.0734 e. The quantitative estimate of drug-likeness (QED) is 0.805. The summed E-state index contributed by atoms with van der Waals surface area (Å²) in [4.78, 5) is 6.74. The van der Waals surface area contributed by atoms with Gasteiger partial charge in [0.15, 0.2) is 0 Å². The molecule has 0 N–H and O–H groups in total. The summed E-state index contributed by atoms with van der Waals surface area (Å²) in [5, 5.41) is 4.42. The summed E-state index contributed by atoms with van der Waals surface area (Å²) in [7, 11) is 0. The van der Waals surface area contributed by atoms with Crippen molar-refractivity contribution in [3.05, 3.63) is 52.5 Å². The lowest BCUT2D eigenvalue weighted by molar-refractivity contribution is -0.0590. The molecule has 24 heavy (non-hydrogen) atoms. The van der Waals surface area contributed by atoms with E-state index in [4.69, 9.17) is 9.47 Å². The molecule has 0 radical (unpaired) electrons. The number of aromatic nitrogens is 1. The minimum absolute atomic E-state index is 0.379. The normalized spacial score (nSPS) is 27.2. The standard InChI is InChI=1S/C19H24N2O2S/c1-2-15(10-20-4-1)12-22-13-17-8-18-19(9-17)23-6-5-21(18)11-16-3-7-24-14-16/h1-4,7,10,14,17-19H,5-6,8-9,11-13H2/t17?,18-,19-/m0/s1. The second-order valence-corrected chi connectivity index (χ2v) is 7.57. The average Bonchev–Trinajstić information content (AvgIpc) is 3.26. The van der Waals surface area contributed by atoms with Gasteiger partial charge in [0.05, 0.1) is 19.3 Å². The summed E-state index contributed by atoms with van der Waals surface area (Å²) in [6, 6.07) is 6.80. The monoisotopic (exact) mass is 344 g/mol. The van der Waals surface area contributed by atoms with Gasteiger partial charge >= 0.3 is 0 Å². The first kappa shape index (κ1) is 16.2. The predicted molar refractivity (Wildman–Crippen MR) is 94.9 cm³/mol. The van der Waals surface area contributed by atoms with Crippen molar-refractivity contribution in [1.82, 2.24) is 9.88 Å². The number of hydrogen-bond donors (Lipinski definition) is 0. The zero-order chi connectivity index (χ0) is 16.2. The third kappa shape index (κ3) is 3.86. The van der Waals surface area contributed by atoms with Gasteiger partial charge < -0.3 is 9.47 Å². The minimum Gasteiger partial charge on any atom is -0.376 e. The van der Waals surface area contributed by atoms with Crippen molar-refractivity contribution in [2.45, 2.75) is 38.1 Å². The second-order valence-electron chi connectivity index (χ2n) is 6.79. The first-order valence-corrected chi connectivity index (χ1v) is 9.66. The van der Waals surface area contributed by atoms with E-state index >= 15 is 0 Å². The lowest BCUT2D eigenvalue weighted by Crippen LogP contribution is -2.47. The minimum atomic E-state index is 0.379. The van der Waals surface area contributed by atoms with Crippen molar-refractivity contribution < 1.29 is 9.47 Å². The van der Waals surface area contributed by atoms with Crippen LogP contribution in [0.15, 0.2) is 41.4 Å². The van der Waals surface area contributed by atoms with Crippen LogP contribution in [0.2, 0.25) is 0 Å². The molecular formula is C19H24N2O2S. The van der Waals surface area contributed by atoms with Crippen molar-refractivity contribution in [2.75, 3.05) is 19.8 Å². The molecule has 128 valence electrons. The Balaban J connectivity index is 1.29. The van der Waals surface area contributed by atoms with Gasteiger partial charge in [-0.05, 0) is 52.8 Å². The number of nitrogens with zero attached hydrogens (tertiary/aromatic N) is 2. The van der Waals surface area contributed by atoms with Gasteiger partial charge in [0.2, 0.25) is 0 Å². The van der Waals surface area contributed by atoms with E-state index < -0.39 is 0 Å². The molecular weight excluding hydrogens is 320 g/mol. The highest BCUT2D eigenvalue weighted by Crippen LogP contribution is 2.35. The van der Waals surface area contributed by atoms with Gasteiger partial charge in [-0.3, -0.25) is 9.88 Å². The fourth-order valence-corrected chi connectivity index (χ4v) is 4.56. The number of morpholine rings is 1. The molecule has 0 aromatic carbocycles. The first-order valence-electron chi connectivity index (χ1n) is 8.72. The Bertz CT molecular complexity index is 620. The lowest BCUT2D eigenvalue weighted by Gasteiger charge is -2.37. The number of hydrogen-bond acceptors (Lipinski definition) is 5. The van der Waals surface area contributed by atoms with Gasteiger partial charge in [-0.15, -0.1) is 0 Å². The van der Waals surface area contributed by atoms with Crippen molar-refractivity contribution in [3.8, 4) is 0 Å². The van der Waals surface area contributed by atoms with Crippen LogP contribution in [0.25, 0.3) is 0 Å². The number of rotatable bonds is 6. The maximum atomic E-state index is 6.04. The highest BCUT2D eigenvalue weighted by atomic mass is 32.1. The molecule has 1 unspecified atom stereocenters. The first-order chi connectivity index (χ1) is 11.9. The Kier molecular flexibility index (Phi) is 5.23. The summed E-state index contributed by atoms with van der Waals surface area (Å²) in [5.41, 5.74) is 2.57. The molecule has 3 atom stereocenters. The zero-order valence-corrected chi connectivity index (χ0v) is 14.7. The summed E-state index contributed by atoms with van der Waals surface area (Å²) in [6.45, 7) is 4.42. The van der Waals surface area contributed by atoms with Gasteiger partial charge in [-0.25, -0.2) is 0 Å². The van der Waals surface area contributed by atoms with E-state index in [1.54, 1.807) is 17.5 Å².